The lowest BCUT2D eigenvalue weighted by Crippen LogP contribution is -2.35. The molecule has 1 aromatic carbocycles. The van der Waals surface area contributed by atoms with E-state index in [2.05, 4.69) is 0 Å². The minimum absolute atomic E-state index is 0.115. The lowest BCUT2D eigenvalue weighted by Gasteiger charge is -2.18. The van der Waals surface area contributed by atoms with Gasteiger partial charge in [0.25, 0.3) is 0 Å². The second-order valence-corrected chi connectivity index (χ2v) is 4.46. The molecule has 4 heteroatoms. The monoisotopic (exact) mass is 247 g/mol. The zero-order valence-corrected chi connectivity index (χ0v) is 10.3. The van der Waals surface area contributed by atoms with E-state index < -0.39 is 6.09 Å². The zero-order chi connectivity index (χ0) is 12.8. The van der Waals surface area contributed by atoms with Crippen LogP contribution in [0, 0.1) is 0 Å². The molecule has 0 saturated carbocycles. The Balaban J connectivity index is 1.85. The maximum absolute atomic E-state index is 11.8. The number of hydrogen-bond acceptors (Lipinski definition) is 3. The number of Topliss-reactive ketones (excluding diaryl/α,β-unsaturated/α-hetero) is 1. The molecule has 4 nitrogen and oxygen atoms in total. The van der Waals surface area contributed by atoms with Crippen molar-refractivity contribution in [2.75, 3.05) is 13.1 Å². The van der Waals surface area contributed by atoms with Crippen molar-refractivity contribution in [1.29, 1.82) is 0 Å². The fourth-order valence-corrected chi connectivity index (χ4v) is 1.96. The first-order valence-corrected chi connectivity index (χ1v) is 6.23. The smallest absolute Gasteiger partial charge is 0.410 e. The summed E-state index contributed by atoms with van der Waals surface area (Å²) < 4.78 is 5.21. The van der Waals surface area contributed by atoms with Crippen LogP contribution < -0.4 is 0 Å². The number of carbonyl (C=O) groups is 2. The Morgan fingerprint density at radius 1 is 1.22 bits per heavy atom. The summed E-state index contributed by atoms with van der Waals surface area (Å²) in [4.78, 5) is 24.7. The standard InChI is InChI=1S/C14H17NO3/c16-13-8-4-5-9-15(10-13)14(17)18-11-12-6-2-1-3-7-12/h1-3,6-7H,4-5,8-11H2. The van der Waals surface area contributed by atoms with Crippen LogP contribution in [0.25, 0.3) is 0 Å². The van der Waals surface area contributed by atoms with Gasteiger partial charge < -0.3 is 9.64 Å². The fraction of sp³-hybridized carbons (Fsp3) is 0.429. The van der Waals surface area contributed by atoms with Gasteiger partial charge in [0.05, 0.1) is 6.54 Å². The largest absolute Gasteiger partial charge is 0.445 e. The molecule has 0 N–H and O–H groups in total. The number of rotatable bonds is 2. The van der Waals surface area contributed by atoms with Crippen molar-refractivity contribution in [3.63, 3.8) is 0 Å². The van der Waals surface area contributed by atoms with Gasteiger partial charge in [0.15, 0.2) is 5.78 Å². The van der Waals surface area contributed by atoms with E-state index in [0.717, 1.165) is 18.4 Å². The summed E-state index contributed by atoms with van der Waals surface area (Å²) in [5.74, 6) is 0.115. The number of carbonyl (C=O) groups excluding carboxylic acids is 2. The van der Waals surface area contributed by atoms with Gasteiger partial charge >= 0.3 is 6.09 Å². The number of hydrogen-bond donors (Lipinski definition) is 0. The number of amides is 1. The van der Waals surface area contributed by atoms with E-state index in [1.807, 2.05) is 30.3 Å². The summed E-state index contributed by atoms with van der Waals surface area (Å²) in [6.07, 6.45) is 1.91. The average molecular weight is 247 g/mol. The van der Waals surface area contributed by atoms with Crippen molar-refractivity contribution in [3.05, 3.63) is 35.9 Å². The minimum atomic E-state index is -0.394. The quantitative estimate of drug-likeness (QED) is 0.806. The molecule has 0 spiro atoms. The van der Waals surface area contributed by atoms with Crippen LogP contribution in [0.15, 0.2) is 30.3 Å². The Morgan fingerprint density at radius 2 is 2.00 bits per heavy atom. The van der Waals surface area contributed by atoms with Crippen LogP contribution >= 0.6 is 0 Å². The predicted molar refractivity (Wildman–Crippen MR) is 67.1 cm³/mol. The second kappa shape index (κ2) is 6.19. The lowest BCUT2D eigenvalue weighted by molar-refractivity contribution is -0.119. The molecule has 1 aromatic rings. The number of nitrogens with zero attached hydrogens (tertiary/aromatic N) is 1. The SMILES string of the molecule is O=C1CCCCN(C(=O)OCc2ccccc2)C1. The van der Waals surface area contributed by atoms with E-state index in [4.69, 9.17) is 4.74 Å². The summed E-state index contributed by atoms with van der Waals surface area (Å²) in [5.41, 5.74) is 0.951. The van der Waals surface area contributed by atoms with Crippen LogP contribution in [0.5, 0.6) is 0 Å². The molecule has 1 amide bonds. The van der Waals surface area contributed by atoms with Crippen LogP contribution in [0.2, 0.25) is 0 Å². The summed E-state index contributed by atoms with van der Waals surface area (Å²) in [6.45, 7) is 1.05. The van der Waals surface area contributed by atoms with Gasteiger partial charge in [-0.2, -0.15) is 0 Å². The third-order valence-corrected chi connectivity index (χ3v) is 2.96. The normalized spacial score (nSPS) is 16.2. The van der Waals surface area contributed by atoms with E-state index in [-0.39, 0.29) is 18.9 Å². The molecule has 0 unspecified atom stereocenters. The first-order chi connectivity index (χ1) is 8.75. The van der Waals surface area contributed by atoms with Crippen molar-refractivity contribution in [2.24, 2.45) is 0 Å². The number of ketones is 1. The van der Waals surface area contributed by atoms with E-state index in [1.165, 1.54) is 4.90 Å². The zero-order valence-electron chi connectivity index (χ0n) is 10.3. The van der Waals surface area contributed by atoms with Crippen LogP contribution in [-0.4, -0.2) is 29.9 Å². The van der Waals surface area contributed by atoms with E-state index in [1.54, 1.807) is 0 Å². The molecule has 1 aliphatic rings. The van der Waals surface area contributed by atoms with Crippen LogP contribution in [0.4, 0.5) is 4.79 Å². The van der Waals surface area contributed by atoms with E-state index in [0.29, 0.717) is 13.0 Å². The first-order valence-electron chi connectivity index (χ1n) is 6.23. The molecule has 0 radical (unpaired) electrons. The molecule has 2 rings (SSSR count). The Hall–Kier alpha value is -1.84. The Labute approximate surface area is 107 Å². The molecule has 0 aromatic heterocycles. The maximum atomic E-state index is 11.8. The fourth-order valence-electron chi connectivity index (χ4n) is 1.96. The van der Waals surface area contributed by atoms with Crippen molar-refractivity contribution in [1.82, 2.24) is 4.90 Å². The first kappa shape index (κ1) is 12.6. The Bertz CT molecular complexity index is 416. The van der Waals surface area contributed by atoms with Gasteiger partial charge in [0, 0.05) is 13.0 Å². The molecule has 0 aliphatic carbocycles. The maximum Gasteiger partial charge on any atom is 0.410 e. The number of likely N-dealkylation sites (tertiary alicyclic amines) is 1. The Morgan fingerprint density at radius 3 is 2.78 bits per heavy atom. The van der Waals surface area contributed by atoms with Gasteiger partial charge in [0.1, 0.15) is 6.61 Å². The molecular weight excluding hydrogens is 230 g/mol. The molecule has 0 bridgehead atoms. The van der Waals surface area contributed by atoms with Gasteiger partial charge in [-0.3, -0.25) is 4.79 Å². The Kier molecular flexibility index (Phi) is 4.34. The number of ether oxygens (including phenoxy) is 1. The molecule has 1 fully saturated rings. The van der Waals surface area contributed by atoms with Gasteiger partial charge in [-0.25, -0.2) is 4.79 Å². The lowest BCUT2D eigenvalue weighted by atomic mass is 10.2. The van der Waals surface area contributed by atoms with Gasteiger partial charge in [0.2, 0.25) is 0 Å². The minimum Gasteiger partial charge on any atom is -0.445 e. The highest BCUT2D eigenvalue weighted by atomic mass is 16.6. The molecule has 1 heterocycles. The second-order valence-electron chi connectivity index (χ2n) is 4.46. The summed E-state index contributed by atoms with van der Waals surface area (Å²) in [6, 6.07) is 9.53. The summed E-state index contributed by atoms with van der Waals surface area (Å²) in [7, 11) is 0. The van der Waals surface area contributed by atoms with Crippen molar-refractivity contribution in [3.8, 4) is 0 Å². The molecular formula is C14H17NO3. The van der Waals surface area contributed by atoms with Crippen molar-refractivity contribution in [2.45, 2.75) is 25.9 Å². The topological polar surface area (TPSA) is 46.6 Å². The van der Waals surface area contributed by atoms with Gasteiger partial charge in [-0.1, -0.05) is 30.3 Å². The van der Waals surface area contributed by atoms with Crippen molar-refractivity contribution < 1.29 is 14.3 Å². The predicted octanol–water partition coefficient (Wildman–Crippen LogP) is 2.38. The summed E-state index contributed by atoms with van der Waals surface area (Å²) >= 11 is 0. The average Bonchev–Trinajstić information content (AvgIpc) is 2.62. The molecule has 18 heavy (non-hydrogen) atoms. The molecule has 0 atom stereocenters. The van der Waals surface area contributed by atoms with E-state index in [9.17, 15) is 9.59 Å². The van der Waals surface area contributed by atoms with Gasteiger partial charge in [-0.15, -0.1) is 0 Å². The highest BCUT2D eigenvalue weighted by molar-refractivity contribution is 5.84. The van der Waals surface area contributed by atoms with Crippen LogP contribution in [0.3, 0.4) is 0 Å². The molecule has 1 saturated heterocycles. The van der Waals surface area contributed by atoms with Crippen LogP contribution in [-0.2, 0) is 16.1 Å². The highest BCUT2D eigenvalue weighted by Crippen LogP contribution is 2.09. The van der Waals surface area contributed by atoms with Crippen molar-refractivity contribution >= 4 is 11.9 Å². The third kappa shape index (κ3) is 3.58. The van der Waals surface area contributed by atoms with Crippen LogP contribution in [0.1, 0.15) is 24.8 Å². The third-order valence-electron chi connectivity index (χ3n) is 2.96. The molecule has 1 aliphatic heterocycles. The number of benzene rings is 1. The summed E-state index contributed by atoms with van der Waals surface area (Å²) in [5, 5.41) is 0. The molecule has 96 valence electrons. The highest BCUT2D eigenvalue weighted by Gasteiger charge is 2.20. The van der Waals surface area contributed by atoms with E-state index >= 15 is 0 Å². The van der Waals surface area contributed by atoms with Gasteiger partial charge in [-0.05, 0) is 18.4 Å².